The maximum atomic E-state index is 12.4. The Hall–Kier alpha value is -2.23. The normalized spacial score (nSPS) is 11.2. The molecule has 0 spiro atoms. The Morgan fingerprint density at radius 2 is 1.73 bits per heavy atom. The molecule has 0 fully saturated rings. The minimum absolute atomic E-state index is 0.00646. The molecule has 0 aliphatic heterocycles. The molecule has 1 heterocycles. The van der Waals surface area contributed by atoms with Crippen LogP contribution in [0.4, 0.5) is 0 Å². The molecule has 0 saturated carbocycles. The van der Waals surface area contributed by atoms with Crippen molar-refractivity contribution >= 4 is 52.2 Å². The van der Waals surface area contributed by atoms with E-state index in [4.69, 9.17) is 33.3 Å². The summed E-state index contributed by atoms with van der Waals surface area (Å²) in [5.74, 6) is -1.37. The van der Waals surface area contributed by atoms with Gasteiger partial charge in [0.25, 0.3) is 0 Å². The van der Waals surface area contributed by atoms with Gasteiger partial charge in [0.2, 0.25) is 0 Å². The predicted molar refractivity (Wildman–Crippen MR) is 103 cm³/mol. The summed E-state index contributed by atoms with van der Waals surface area (Å²) in [4.78, 5) is 31.0. The van der Waals surface area contributed by atoms with Crippen molar-refractivity contribution in [3.8, 4) is 5.69 Å². The highest BCUT2D eigenvalue weighted by molar-refractivity contribution is 7.80. The molecule has 0 radical (unpaired) electrons. The number of carbonyl (C=O) groups excluding carboxylic acids is 2. The van der Waals surface area contributed by atoms with Crippen molar-refractivity contribution in [2.75, 3.05) is 28.3 Å². The van der Waals surface area contributed by atoms with Crippen LogP contribution < -0.4 is 4.80 Å². The van der Waals surface area contributed by atoms with Crippen molar-refractivity contribution in [3.05, 3.63) is 44.7 Å². The van der Waals surface area contributed by atoms with Crippen molar-refractivity contribution in [1.29, 1.82) is 0 Å². The van der Waals surface area contributed by atoms with Crippen molar-refractivity contribution in [2.45, 2.75) is 0 Å². The second-order valence-corrected chi connectivity index (χ2v) is 6.93. The molecule has 10 heteroatoms. The third-order valence-corrected chi connectivity index (χ3v) is 4.96. The van der Waals surface area contributed by atoms with E-state index in [-0.39, 0.29) is 15.7 Å². The summed E-state index contributed by atoms with van der Waals surface area (Å²) in [5, 5.41) is 0.807. The summed E-state index contributed by atoms with van der Waals surface area (Å²) in [6, 6.07) is 6.71. The first-order valence-corrected chi connectivity index (χ1v) is 8.84. The lowest BCUT2D eigenvalue weighted by Gasteiger charge is -2.10. The van der Waals surface area contributed by atoms with Gasteiger partial charge in [-0.25, -0.2) is 9.59 Å². The highest BCUT2D eigenvalue weighted by atomic mass is 35.5. The molecule has 1 aromatic heterocycles. The first-order chi connectivity index (χ1) is 12.3. The quantitative estimate of drug-likeness (QED) is 0.568. The van der Waals surface area contributed by atoms with E-state index < -0.39 is 11.9 Å². The highest BCUT2D eigenvalue weighted by Crippen LogP contribution is 2.21. The van der Waals surface area contributed by atoms with Gasteiger partial charge in [0.15, 0.2) is 15.6 Å². The molecule has 0 N–H and O–H groups in total. The average Bonchev–Trinajstić information content (AvgIpc) is 3.00. The number of esters is 2. The Morgan fingerprint density at radius 1 is 1.15 bits per heavy atom. The summed E-state index contributed by atoms with van der Waals surface area (Å²) in [6.07, 6.45) is 0. The number of benzene rings is 1. The van der Waals surface area contributed by atoms with Gasteiger partial charge in [0.05, 0.1) is 14.2 Å². The molecule has 0 aliphatic carbocycles. The Labute approximate surface area is 164 Å². The van der Waals surface area contributed by atoms with Crippen LogP contribution in [0.2, 0.25) is 5.02 Å². The molecule has 0 amide bonds. The smallest absolute Gasteiger partial charge is 0.356 e. The van der Waals surface area contributed by atoms with Crippen LogP contribution in [0.15, 0.2) is 29.3 Å². The minimum Gasteiger partial charge on any atom is -0.465 e. The maximum Gasteiger partial charge on any atom is 0.356 e. The van der Waals surface area contributed by atoms with Crippen molar-refractivity contribution in [2.24, 2.45) is 4.99 Å². The van der Waals surface area contributed by atoms with Gasteiger partial charge in [0, 0.05) is 24.8 Å². The van der Waals surface area contributed by atoms with E-state index in [2.05, 4.69) is 4.99 Å². The van der Waals surface area contributed by atoms with Gasteiger partial charge in [-0.1, -0.05) is 22.9 Å². The highest BCUT2D eigenvalue weighted by Gasteiger charge is 2.27. The zero-order valence-corrected chi connectivity index (χ0v) is 16.9. The number of nitrogens with zero attached hydrogens (tertiary/aromatic N) is 3. The number of rotatable bonds is 3. The third kappa shape index (κ3) is 4.12. The Kier molecular flexibility index (Phi) is 6.52. The molecule has 0 atom stereocenters. The molecule has 2 aromatic rings. The SMILES string of the molecule is COC(=O)c1s/c(=N\C(=S)N(C)C)n(-c2ccc(Cl)cc2)c1C(=O)OC. The average molecular weight is 414 g/mol. The molecule has 0 aliphatic rings. The molecular weight excluding hydrogens is 398 g/mol. The molecule has 1 aromatic carbocycles. The first-order valence-electron chi connectivity index (χ1n) is 7.24. The summed E-state index contributed by atoms with van der Waals surface area (Å²) in [7, 11) is 5.95. The number of methoxy groups -OCH3 is 2. The monoisotopic (exact) mass is 413 g/mol. The van der Waals surface area contributed by atoms with Crippen LogP contribution in [0.3, 0.4) is 0 Å². The van der Waals surface area contributed by atoms with Gasteiger partial charge < -0.3 is 14.4 Å². The van der Waals surface area contributed by atoms with E-state index in [0.717, 1.165) is 11.3 Å². The van der Waals surface area contributed by atoms with Gasteiger partial charge in [-0.3, -0.25) is 4.57 Å². The number of aromatic nitrogens is 1. The maximum absolute atomic E-state index is 12.4. The molecule has 138 valence electrons. The molecule has 0 saturated heterocycles. The second kappa shape index (κ2) is 8.43. The summed E-state index contributed by atoms with van der Waals surface area (Å²) < 4.78 is 11.1. The lowest BCUT2D eigenvalue weighted by molar-refractivity contribution is 0.0552. The van der Waals surface area contributed by atoms with Crippen LogP contribution in [-0.2, 0) is 9.47 Å². The lowest BCUT2D eigenvalue weighted by atomic mass is 10.3. The molecular formula is C16H16ClN3O4S2. The van der Waals surface area contributed by atoms with Gasteiger partial charge in [-0.2, -0.15) is 4.99 Å². The lowest BCUT2D eigenvalue weighted by Crippen LogP contribution is -2.25. The van der Waals surface area contributed by atoms with E-state index >= 15 is 0 Å². The van der Waals surface area contributed by atoms with Gasteiger partial charge >= 0.3 is 11.9 Å². The Bertz CT molecular complexity index is 917. The largest absolute Gasteiger partial charge is 0.465 e. The molecule has 26 heavy (non-hydrogen) atoms. The van der Waals surface area contributed by atoms with Crippen molar-refractivity contribution in [1.82, 2.24) is 9.47 Å². The fourth-order valence-electron chi connectivity index (χ4n) is 1.98. The molecule has 0 bridgehead atoms. The van der Waals surface area contributed by atoms with E-state index in [0.29, 0.717) is 15.5 Å². The van der Waals surface area contributed by atoms with Crippen LogP contribution >= 0.6 is 35.2 Å². The Morgan fingerprint density at radius 3 is 2.23 bits per heavy atom. The fraction of sp³-hybridized carbons (Fsp3) is 0.250. The van der Waals surface area contributed by atoms with Crippen LogP contribution in [0.25, 0.3) is 5.69 Å². The Balaban J connectivity index is 2.88. The number of halogens is 1. The summed E-state index contributed by atoms with van der Waals surface area (Å²) >= 11 is 12.2. The minimum atomic E-state index is -0.700. The van der Waals surface area contributed by atoms with Crippen molar-refractivity contribution in [3.63, 3.8) is 0 Å². The molecule has 7 nitrogen and oxygen atoms in total. The topological polar surface area (TPSA) is 73.1 Å². The van der Waals surface area contributed by atoms with E-state index in [1.807, 2.05) is 0 Å². The number of thiocarbonyl (C=S) groups is 1. The second-order valence-electron chi connectivity index (χ2n) is 5.15. The van der Waals surface area contributed by atoms with Crippen LogP contribution in [-0.4, -0.2) is 54.8 Å². The fourth-order valence-corrected chi connectivity index (χ4v) is 3.29. The van der Waals surface area contributed by atoms with Gasteiger partial charge in [0.1, 0.15) is 4.88 Å². The van der Waals surface area contributed by atoms with Gasteiger partial charge in [-0.15, -0.1) is 0 Å². The zero-order chi connectivity index (χ0) is 19.4. The van der Waals surface area contributed by atoms with Crippen LogP contribution in [0.5, 0.6) is 0 Å². The number of hydrogen-bond donors (Lipinski definition) is 0. The number of carbonyl (C=O) groups is 2. The van der Waals surface area contributed by atoms with Crippen molar-refractivity contribution < 1.29 is 19.1 Å². The third-order valence-electron chi connectivity index (χ3n) is 3.23. The van der Waals surface area contributed by atoms with Crippen LogP contribution in [0, 0.1) is 0 Å². The molecule has 0 unspecified atom stereocenters. The summed E-state index contributed by atoms with van der Waals surface area (Å²) in [5.41, 5.74) is 0.577. The predicted octanol–water partition coefficient (Wildman–Crippen LogP) is 2.51. The zero-order valence-electron chi connectivity index (χ0n) is 14.5. The number of hydrogen-bond acceptors (Lipinski definition) is 6. The van der Waals surface area contributed by atoms with Gasteiger partial charge in [-0.05, 0) is 36.5 Å². The van der Waals surface area contributed by atoms with E-state index in [9.17, 15) is 9.59 Å². The number of thiazole rings is 1. The van der Waals surface area contributed by atoms with E-state index in [1.54, 1.807) is 43.3 Å². The van der Waals surface area contributed by atoms with Crippen LogP contribution in [0.1, 0.15) is 20.2 Å². The molecule has 2 rings (SSSR count). The van der Waals surface area contributed by atoms with E-state index in [1.165, 1.54) is 18.8 Å². The first kappa shape index (κ1) is 20.1. The standard InChI is InChI=1S/C16H16ClN3O4S2/c1-19(2)15(25)18-16-20(10-7-5-9(17)6-8-10)11(13(21)23-3)12(26-16)14(22)24-4/h5-8H,1-4H3/b18-16-. The summed E-state index contributed by atoms with van der Waals surface area (Å²) in [6.45, 7) is 0. The number of ether oxygens (including phenoxy) is 2.